The molecule has 0 aliphatic heterocycles. The van der Waals surface area contributed by atoms with Gasteiger partial charge in [-0.3, -0.25) is 0 Å². The van der Waals surface area contributed by atoms with Gasteiger partial charge < -0.3 is 11.1 Å². The fourth-order valence-corrected chi connectivity index (χ4v) is 2.65. The van der Waals surface area contributed by atoms with E-state index < -0.39 is 0 Å². The molecule has 0 amide bonds. The minimum absolute atomic E-state index is 0.797. The van der Waals surface area contributed by atoms with E-state index in [-0.39, 0.29) is 0 Å². The molecular weight excluding hydrogens is 220 g/mol. The Morgan fingerprint density at radius 2 is 1.61 bits per heavy atom. The predicted octanol–water partition coefficient (Wildman–Crippen LogP) is 3.89. The van der Waals surface area contributed by atoms with Crippen molar-refractivity contribution in [2.24, 2.45) is 0 Å². The van der Waals surface area contributed by atoms with Crippen LogP contribution in [0, 0.1) is 0 Å². The highest BCUT2D eigenvalue weighted by atomic mass is 14.9. The van der Waals surface area contributed by atoms with Crippen LogP contribution in [0.3, 0.4) is 0 Å². The number of hydrogen-bond donors (Lipinski definition) is 2. The van der Waals surface area contributed by atoms with Crippen molar-refractivity contribution in [3.8, 4) is 0 Å². The molecule has 3 rings (SSSR count). The average Bonchev–Trinajstić information content (AvgIpc) is 2.42. The van der Waals surface area contributed by atoms with Crippen LogP contribution in [0.25, 0.3) is 0 Å². The molecule has 0 atom stereocenters. The van der Waals surface area contributed by atoms with Crippen LogP contribution in [0.1, 0.15) is 24.0 Å². The lowest BCUT2D eigenvalue weighted by Crippen LogP contribution is -2.06. The van der Waals surface area contributed by atoms with Crippen molar-refractivity contribution in [3.05, 3.63) is 53.6 Å². The first-order chi connectivity index (χ1) is 8.84. The third-order valence-electron chi connectivity index (χ3n) is 3.63. The molecule has 18 heavy (non-hydrogen) atoms. The van der Waals surface area contributed by atoms with E-state index in [1.165, 1.54) is 42.5 Å². The standard InChI is InChI=1S/C16H18N2/c17-14-9-3-4-10-16(14)18-15-11-5-7-12-6-1-2-8-13(12)15/h3-5,7,9-11,18H,1-2,6,8,17H2. The van der Waals surface area contributed by atoms with Gasteiger partial charge in [0.15, 0.2) is 0 Å². The Bertz CT molecular complexity index is 561. The van der Waals surface area contributed by atoms with Gasteiger partial charge in [0, 0.05) is 5.69 Å². The fourth-order valence-electron chi connectivity index (χ4n) is 2.65. The number of nitrogens with two attached hydrogens (primary N) is 1. The van der Waals surface area contributed by atoms with Crippen molar-refractivity contribution in [2.45, 2.75) is 25.7 Å². The molecule has 2 heteroatoms. The first kappa shape index (κ1) is 11.1. The monoisotopic (exact) mass is 238 g/mol. The van der Waals surface area contributed by atoms with Crippen LogP contribution in [-0.2, 0) is 12.8 Å². The molecule has 0 saturated carbocycles. The van der Waals surface area contributed by atoms with Crippen LogP contribution < -0.4 is 11.1 Å². The van der Waals surface area contributed by atoms with E-state index >= 15 is 0 Å². The summed E-state index contributed by atoms with van der Waals surface area (Å²) in [5.74, 6) is 0. The van der Waals surface area contributed by atoms with Crippen LogP contribution >= 0.6 is 0 Å². The van der Waals surface area contributed by atoms with Gasteiger partial charge in [-0.15, -0.1) is 0 Å². The summed E-state index contributed by atoms with van der Waals surface area (Å²) in [5.41, 5.74) is 11.9. The number of aryl methyl sites for hydroxylation is 1. The third-order valence-corrected chi connectivity index (χ3v) is 3.63. The van der Waals surface area contributed by atoms with E-state index in [1.54, 1.807) is 0 Å². The molecule has 0 spiro atoms. The minimum Gasteiger partial charge on any atom is -0.397 e. The molecule has 1 aliphatic carbocycles. The second-order valence-corrected chi connectivity index (χ2v) is 4.86. The Morgan fingerprint density at radius 3 is 2.50 bits per heavy atom. The largest absolute Gasteiger partial charge is 0.397 e. The van der Waals surface area contributed by atoms with Crippen LogP contribution in [0.5, 0.6) is 0 Å². The van der Waals surface area contributed by atoms with Gasteiger partial charge in [0.05, 0.1) is 11.4 Å². The summed E-state index contributed by atoms with van der Waals surface area (Å²) < 4.78 is 0. The van der Waals surface area contributed by atoms with Gasteiger partial charge >= 0.3 is 0 Å². The van der Waals surface area contributed by atoms with Crippen LogP contribution in [-0.4, -0.2) is 0 Å². The van der Waals surface area contributed by atoms with E-state index in [2.05, 4.69) is 23.5 Å². The zero-order chi connectivity index (χ0) is 12.4. The highest BCUT2D eigenvalue weighted by Gasteiger charge is 2.13. The number of fused-ring (bicyclic) bond motifs is 1. The minimum atomic E-state index is 0.797. The van der Waals surface area contributed by atoms with Crippen molar-refractivity contribution in [1.82, 2.24) is 0 Å². The average molecular weight is 238 g/mol. The molecule has 0 aromatic heterocycles. The van der Waals surface area contributed by atoms with E-state index in [9.17, 15) is 0 Å². The maximum atomic E-state index is 5.98. The highest BCUT2D eigenvalue weighted by molar-refractivity contribution is 5.74. The summed E-state index contributed by atoms with van der Waals surface area (Å²) in [6.45, 7) is 0. The number of rotatable bonds is 2. The quantitative estimate of drug-likeness (QED) is 0.779. The molecule has 2 aromatic carbocycles. The molecule has 0 fully saturated rings. The molecule has 2 nitrogen and oxygen atoms in total. The number of benzene rings is 2. The molecule has 0 saturated heterocycles. The van der Waals surface area contributed by atoms with Gasteiger partial charge in [0.2, 0.25) is 0 Å². The molecule has 2 aromatic rings. The second kappa shape index (κ2) is 4.73. The van der Waals surface area contributed by atoms with E-state index in [0.717, 1.165) is 11.4 Å². The highest BCUT2D eigenvalue weighted by Crippen LogP contribution is 2.31. The molecule has 1 aliphatic rings. The topological polar surface area (TPSA) is 38.0 Å². The lowest BCUT2D eigenvalue weighted by molar-refractivity contribution is 0.687. The summed E-state index contributed by atoms with van der Waals surface area (Å²) in [5, 5.41) is 3.48. The first-order valence-corrected chi connectivity index (χ1v) is 6.57. The zero-order valence-electron chi connectivity index (χ0n) is 10.4. The number of nitrogen functional groups attached to an aromatic ring is 1. The van der Waals surface area contributed by atoms with Crippen LogP contribution in [0.15, 0.2) is 42.5 Å². The SMILES string of the molecule is Nc1ccccc1Nc1cccc2c1CCCC2. The van der Waals surface area contributed by atoms with Gasteiger partial charge in [-0.1, -0.05) is 24.3 Å². The Hall–Kier alpha value is -1.96. The zero-order valence-corrected chi connectivity index (χ0v) is 10.4. The first-order valence-electron chi connectivity index (χ1n) is 6.57. The lowest BCUT2D eigenvalue weighted by atomic mass is 9.90. The number of para-hydroxylation sites is 2. The van der Waals surface area contributed by atoms with Crippen molar-refractivity contribution in [3.63, 3.8) is 0 Å². The number of anilines is 3. The van der Waals surface area contributed by atoms with Gasteiger partial charge in [0.1, 0.15) is 0 Å². The normalized spacial score (nSPS) is 14.0. The number of hydrogen-bond acceptors (Lipinski definition) is 2. The molecule has 0 unspecified atom stereocenters. The van der Waals surface area contributed by atoms with Crippen molar-refractivity contribution in [1.29, 1.82) is 0 Å². The number of nitrogens with one attached hydrogen (secondary N) is 1. The van der Waals surface area contributed by atoms with Gasteiger partial charge in [-0.2, -0.15) is 0 Å². The summed E-state index contributed by atoms with van der Waals surface area (Å²) in [6, 6.07) is 14.4. The molecular formula is C16H18N2. The summed E-state index contributed by atoms with van der Waals surface area (Å²) in [6.07, 6.45) is 4.97. The maximum absolute atomic E-state index is 5.98. The van der Waals surface area contributed by atoms with Gasteiger partial charge in [-0.05, 0) is 55.0 Å². The summed E-state index contributed by atoms with van der Waals surface area (Å²) in [4.78, 5) is 0. The van der Waals surface area contributed by atoms with Gasteiger partial charge in [0.25, 0.3) is 0 Å². The van der Waals surface area contributed by atoms with Crippen LogP contribution in [0.4, 0.5) is 17.1 Å². The molecule has 92 valence electrons. The molecule has 0 bridgehead atoms. The van der Waals surface area contributed by atoms with E-state index in [0.29, 0.717) is 0 Å². The van der Waals surface area contributed by atoms with E-state index in [4.69, 9.17) is 5.73 Å². The maximum Gasteiger partial charge on any atom is 0.0617 e. The lowest BCUT2D eigenvalue weighted by Gasteiger charge is -2.20. The Kier molecular flexibility index (Phi) is 2.93. The van der Waals surface area contributed by atoms with Gasteiger partial charge in [-0.25, -0.2) is 0 Å². The fraction of sp³-hybridized carbons (Fsp3) is 0.250. The Labute approximate surface area is 108 Å². The van der Waals surface area contributed by atoms with Crippen molar-refractivity contribution >= 4 is 17.1 Å². The Balaban J connectivity index is 1.96. The Morgan fingerprint density at radius 1 is 0.833 bits per heavy atom. The van der Waals surface area contributed by atoms with Crippen LogP contribution in [0.2, 0.25) is 0 Å². The van der Waals surface area contributed by atoms with E-state index in [1.807, 2.05) is 24.3 Å². The predicted molar refractivity (Wildman–Crippen MR) is 77.2 cm³/mol. The molecule has 0 radical (unpaired) electrons. The summed E-state index contributed by atoms with van der Waals surface area (Å²) in [7, 11) is 0. The molecule has 0 heterocycles. The van der Waals surface area contributed by atoms with Crippen molar-refractivity contribution in [2.75, 3.05) is 11.1 Å². The smallest absolute Gasteiger partial charge is 0.0617 e. The second-order valence-electron chi connectivity index (χ2n) is 4.86. The van der Waals surface area contributed by atoms with Crippen molar-refractivity contribution < 1.29 is 0 Å². The third kappa shape index (κ3) is 2.06. The molecule has 3 N–H and O–H groups in total. The summed E-state index contributed by atoms with van der Waals surface area (Å²) >= 11 is 0.